The maximum atomic E-state index is 12.0. The number of urea groups is 1. The fraction of sp³-hybridized carbons (Fsp3) is 0.263. The van der Waals surface area contributed by atoms with E-state index in [1.807, 2.05) is 13.0 Å². The number of benzene rings is 1. The number of hydrogen-bond acceptors (Lipinski definition) is 6. The van der Waals surface area contributed by atoms with Crippen molar-refractivity contribution in [3.8, 4) is 5.75 Å². The first-order chi connectivity index (χ1) is 13.4. The Labute approximate surface area is 163 Å². The molecule has 2 aromatic rings. The second-order valence-corrected chi connectivity index (χ2v) is 6.17. The summed E-state index contributed by atoms with van der Waals surface area (Å²) in [6.07, 6.45) is 1.60. The second-order valence-electron chi connectivity index (χ2n) is 6.17. The van der Waals surface area contributed by atoms with Gasteiger partial charge in [-0.1, -0.05) is 0 Å². The molecule has 0 aliphatic rings. The maximum Gasteiger partial charge on any atom is 0.325 e. The van der Waals surface area contributed by atoms with Gasteiger partial charge in [0.25, 0.3) is 0 Å². The quantitative estimate of drug-likeness (QED) is 0.668. The van der Waals surface area contributed by atoms with Crippen LogP contribution in [0.4, 0.5) is 16.3 Å². The highest BCUT2D eigenvalue weighted by molar-refractivity contribution is 6.02. The molecule has 1 aromatic heterocycles. The summed E-state index contributed by atoms with van der Waals surface area (Å²) in [4.78, 5) is 41.4. The smallest absolute Gasteiger partial charge is 0.325 e. The molecular weight excluding hydrogens is 362 g/mol. The number of carbonyl (C=O) groups is 3. The Morgan fingerprint density at radius 1 is 1.04 bits per heavy atom. The normalized spacial score (nSPS) is 10.3. The Hall–Kier alpha value is -3.46. The van der Waals surface area contributed by atoms with E-state index in [4.69, 9.17) is 4.74 Å². The monoisotopic (exact) mass is 385 g/mol. The zero-order valence-electron chi connectivity index (χ0n) is 16.0. The van der Waals surface area contributed by atoms with Crippen molar-refractivity contribution < 1.29 is 19.1 Å². The molecule has 0 saturated carbocycles. The maximum absolute atomic E-state index is 12.0. The molecule has 0 spiro atoms. The van der Waals surface area contributed by atoms with Crippen LogP contribution in [0.2, 0.25) is 0 Å². The van der Waals surface area contributed by atoms with Gasteiger partial charge in [0.15, 0.2) is 0 Å². The van der Waals surface area contributed by atoms with Crippen molar-refractivity contribution in [1.82, 2.24) is 15.2 Å². The Morgan fingerprint density at radius 3 is 2.36 bits per heavy atom. The topological polar surface area (TPSA) is 113 Å². The van der Waals surface area contributed by atoms with E-state index in [1.54, 1.807) is 50.7 Å². The van der Waals surface area contributed by atoms with Gasteiger partial charge in [0.2, 0.25) is 11.8 Å². The van der Waals surface area contributed by atoms with Gasteiger partial charge in [0.1, 0.15) is 11.6 Å². The van der Waals surface area contributed by atoms with E-state index < -0.39 is 11.9 Å². The molecule has 1 aromatic carbocycles. The number of anilines is 2. The highest BCUT2D eigenvalue weighted by Gasteiger charge is 2.14. The number of imide groups is 1. The van der Waals surface area contributed by atoms with Crippen LogP contribution in [0.15, 0.2) is 42.6 Å². The number of likely N-dealkylation sites (N-methyl/N-ethyl adjacent to an activating group) is 1. The van der Waals surface area contributed by atoms with Gasteiger partial charge in [-0.25, -0.2) is 9.78 Å². The van der Waals surface area contributed by atoms with Crippen LogP contribution >= 0.6 is 0 Å². The third-order valence-electron chi connectivity index (χ3n) is 3.61. The van der Waals surface area contributed by atoms with Crippen molar-refractivity contribution in [2.75, 3.05) is 37.9 Å². The summed E-state index contributed by atoms with van der Waals surface area (Å²) in [6, 6.07) is 9.59. The Morgan fingerprint density at radius 2 is 1.71 bits per heavy atom. The first-order valence-electron chi connectivity index (χ1n) is 8.51. The molecule has 0 radical (unpaired) electrons. The number of carbonyl (C=O) groups excluding carboxylic acids is 3. The zero-order valence-corrected chi connectivity index (χ0v) is 16.0. The van der Waals surface area contributed by atoms with Crippen LogP contribution in [-0.4, -0.2) is 55.0 Å². The van der Waals surface area contributed by atoms with Crippen molar-refractivity contribution in [3.63, 3.8) is 0 Å². The average Bonchev–Trinajstić information content (AvgIpc) is 2.61. The minimum Gasteiger partial charge on any atom is -0.497 e. The number of nitrogens with one attached hydrogen (secondary N) is 3. The number of methoxy groups -OCH3 is 1. The third-order valence-corrected chi connectivity index (χ3v) is 3.61. The molecule has 9 nitrogen and oxygen atoms in total. The first kappa shape index (κ1) is 20.8. The van der Waals surface area contributed by atoms with Gasteiger partial charge >= 0.3 is 6.03 Å². The lowest BCUT2D eigenvalue weighted by molar-refractivity contribution is -0.122. The second kappa shape index (κ2) is 10.0. The van der Waals surface area contributed by atoms with Crippen molar-refractivity contribution in [2.45, 2.75) is 6.92 Å². The summed E-state index contributed by atoms with van der Waals surface area (Å²) in [5.74, 6) is 0.260. The zero-order chi connectivity index (χ0) is 20.5. The van der Waals surface area contributed by atoms with Gasteiger partial charge in [-0.2, -0.15) is 0 Å². The number of ether oxygens (including phenoxy) is 1. The predicted octanol–water partition coefficient (Wildman–Crippen LogP) is 1.62. The van der Waals surface area contributed by atoms with Crippen molar-refractivity contribution >= 4 is 29.4 Å². The molecule has 0 fully saturated rings. The predicted molar refractivity (Wildman–Crippen MR) is 105 cm³/mol. The fourth-order valence-corrected chi connectivity index (χ4v) is 2.34. The van der Waals surface area contributed by atoms with E-state index in [0.29, 0.717) is 17.3 Å². The molecule has 1 heterocycles. The summed E-state index contributed by atoms with van der Waals surface area (Å²) in [5.41, 5.74) is 1.49. The number of hydrogen-bond donors (Lipinski definition) is 3. The van der Waals surface area contributed by atoms with Gasteiger partial charge in [-0.05, 0) is 55.9 Å². The number of nitrogens with zero attached hydrogens (tertiary/aromatic N) is 2. The molecule has 4 amide bonds. The van der Waals surface area contributed by atoms with E-state index in [2.05, 4.69) is 20.9 Å². The van der Waals surface area contributed by atoms with Crippen LogP contribution in [0.5, 0.6) is 5.75 Å². The van der Waals surface area contributed by atoms with Crippen molar-refractivity contribution in [1.29, 1.82) is 0 Å². The molecule has 3 N–H and O–H groups in total. The van der Waals surface area contributed by atoms with Gasteiger partial charge in [0.05, 0.1) is 20.2 Å². The third kappa shape index (κ3) is 7.04. The van der Waals surface area contributed by atoms with Crippen LogP contribution in [-0.2, 0) is 9.59 Å². The SMILES string of the molecule is COc1ccc(NC(=O)NC(=O)CN(C)CC(=O)Nc2cc(C)ccn2)cc1. The number of amides is 4. The van der Waals surface area contributed by atoms with Crippen LogP contribution in [0.25, 0.3) is 0 Å². The highest BCUT2D eigenvalue weighted by atomic mass is 16.5. The summed E-state index contributed by atoms with van der Waals surface area (Å²) in [6.45, 7) is 1.75. The molecule has 0 aliphatic carbocycles. The van der Waals surface area contributed by atoms with E-state index in [1.165, 1.54) is 4.90 Å². The molecular formula is C19H23N5O4. The number of aryl methyl sites for hydroxylation is 1. The van der Waals surface area contributed by atoms with Crippen molar-refractivity contribution in [3.05, 3.63) is 48.2 Å². The molecule has 9 heteroatoms. The molecule has 0 atom stereocenters. The van der Waals surface area contributed by atoms with Gasteiger partial charge < -0.3 is 15.4 Å². The minimum absolute atomic E-state index is 0.0247. The van der Waals surface area contributed by atoms with Gasteiger partial charge in [0, 0.05) is 11.9 Å². The van der Waals surface area contributed by atoms with E-state index in [9.17, 15) is 14.4 Å². The van der Waals surface area contributed by atoms with Gasteiger partial charge in [-0.3, -0.25) is 19.8 Å². The van der Waals surface area contributed by atoms with Crippen LogP contribution < -0.4 is 20.7 Å². The van der Waals surface area contributed by atoms with Crippen LogP contribution in [0.1, 0.15) is 5.56 Å². The fourth-order valence-electron chi connectivity index (χ4n) is 2.34. The lowest BCUT2D eigenvalue weighted by Crippen LogP contribution is -2.42. The summed E-state index contributed by atoms with van der Waals surface area (Å²) in [5, 5.41) is 7.41. The lowest BCUT2D eigenvalue weighted by Gasteiger charge is -2.15. The Bertz CT molecular complexity index is 838. The Kier molecular flexibility index (Phi) is 7.46. The number of rotatable bonds is 7. The average molecular weight is 385 g/mol. The largest absolute Gasteiger partial charge is 0.497 e. The van der Waals surface area contributed by atoms with E-state index >= 15 is 0 Å². The highest BCUT2D eigenvalue weighted by Crippen LogP contribution is 2.14. The summed E-state index contributed by atoms with van der Waals surface area (Å²) in [7, 11) is 3.15. The number of aromatic nitrogens is 1. The molecule has 0 unspecified atom stereocenters. The minimum atomic E-state index is -0.656. The number of pyridine rings is 1. The van der Waals surface area contributed by atoms with Crippen LogP contribution in [0.3, 0.4) is 0 Å². The van der Waals surface area contributed by atoms with E-state index in [0.717, 1.165) is 5.56 Å². The standard InChI is InChI=1S/C19H23N5O4/c1-13-8-9-20-16(10-13)22-17(25)11-24(2)12-18(26)23-19(27)21-14-4-6-15(28-3)7-5-14/h4-10H,11-12H2,1-3H3,(H,20,22,25)(H2,21,23,26,27). The summed E-state index contributed by atoms with van der Waals surface area (Å²) >= 11 is 0. The first-order valence-corrected chi connectivity index (χ1v) is 8.51. The molecule has 0 aliphatic heterocycles. The van der Waals surface area contributed by atoms with Crippen LogP contribution in [0, 0.1) is 6.92 Å². The Balaban J connectivity index is 1.74. The molecule has 2 rings (SSSR count). The van der Waals surface area contributed by atoms with E-state index in [-0.39, 0.29) is 19.0 Å². The lowest BCUT2D eigenvalue weighted by atomic mass is 10.3. The molecule has 0 saturated heterocycles. The summed E-state index contributed by atoms with van der Waals surface area (Å²) < 4.78 is 5.03. The van der Waals surface area contributed by atoms with Crippen molar-refractivity contribution in [2.24, 2.45) is 0 Å². The molecule has 28 heavy (non-hydrogen) atoms. The van der Waals surface area contributed by atoms with Gasteiger partial charge in [-0.15, -0.1) is 0 Å². The molecule has 0 bridgehead atoms. The molecule has 148 valence electrons.